The second-order valence-electron chi connectivity index (χ2n) is 3.62. The van der Waals surface area contributed by atoms with Crippen LogP contribution < -0.4 is 4.74 Å². The molecule has 1 aromatic heterocycles. The molecule has 0 saturated heterocycles. The van der Waals surface area contributed by atoms with Crippen LogP contribution in [0.15, 0.2) is 6.07 Å². The molecule has 0 amide bonds. The van der Waals surface area contributed by atoms with Gasteiger partial charge in [-0.2, -0.15) is 0 Å². The number of pyridine rings is 1. The summed E-state index contributed by atoms with van der Waals surface area (Å²) in [7, 11) is 2.94. The molecule has 3 nitrogen and oxygen atoms in total. The lowest BCUT2D eigenvalue weighted by atomic mass is 10.1. The first-order chi connectivity index (χ1) is 7.10. The Bertz CT molecular complexity index is 340. The summed E-state index contributed by atoms with van der Waals surface area (Å²) in [5.74, 6) is -0.174. The number of hydrogen-bond donors (Lipinski definition) is 0. The Morgan fingerprint density at radius 2 is 2.07 bits per heavy atom. The van der Waals surface area contributed by atoms with Crippen LogP contribution in [-0.4, -0.2) is 19.2 Å². The van der Waals surface area contributed by atoms with Gasteiger partial charge in [0.2, 0.25) is 0 Å². The van der Waals surface area contributed by atoms with Crippen LogP contribution in [0.25, 0.3) is 0 Å². The molecule has 0 atom stereocenters. The van der Waals surface area contributed by atoms with Gasteiger partial charge < -0.3 is 9.47 Å². The van der Waals surface area contributed by atoms with Crippen molar-refractivity contribution in [3.63, 3.8) is 0 Å². The zero-order valence-corrected chi connectivity index (χ0v) is 9.50. The highest BCUT2D eigenvalue weighted by Crippen LogP contribution is 2.23. The summed E-state index contributed by atoms with van der Waals surface area (Å²) in [5.41, 5.74) is 1.29. The highest BCUT2D eigenvalue weighted by atomic mass is 19.1. The zero-order valence-electron chi connectivity index (χ0n) is 9.50. The maximum atomic E-state index is 13.6. The smallest absolute Gasteiger partial charge is 0.250 e. The minimum Gasteiger partial charge on any atom is -0.479 e. The average molecular weight is 213 g/mol. The first kappa shape index (κ1) is 11.9. The van der Waals surface area contributed by atoms with E-state index in [1.165, 1.54) is 14.2 Å². The Hall–Kier alpha value is -1.16. The maximum Gasteiger partial charge on any atom is 0.250 e. The SMILES string of the molecule is COCc1cc(C(C)C)nc(OC)c1F. The van der Waals surface area contributed by atoms with Gasteiger partial charge in [0.25, 0.3) is 5.88 Å². The van der Waals surface area contributed by atoms with Crippen molar-refractivity contribution in [2.75, 3.05) is 14.2 Å². The molecule has 0 aromatic carbocycles. The minimum absolute atomic E-state index is 0.0354. The van der Waals surface area contributed by atoms with Crippen molar-refractivity contribution in [2.45, 2.75) is 26.4 Å². The van der Waals surface area contributed by atoms with Gasteiger partial charge in [-0.05, 0) is 12.0 Å². The molecule has 0 spiro atoms. The lowest BCUT2D eigenvalue weighted by Gasteiger charge is -2.11. The predicted octanol–water partition coefficient (Wildman–Crippen LogP) is 2.50. The molecule has 0 radical (unpaired) electrons. The minimum atomic E-state index is -0.441. The summed E-state index contributed by atoms with van der Waals surface area (Å²) in [6.45, 7) is 4.22. The van der Waals surface area contributed by atoms with E-state index in [0.717, 1.165) is 5.69 Å². The molecule has 0 aliphatic carbocycles. The van der Waals surface area contributed by atoms with E-state index < -0.39 is 5.82 Å². The van der Waals surface area contributed by atoms with Gasteiger partial charge in [-0.1, -0.05) is 13.8 Å². The quantitative estimate of drug-likeness (QED) is 0.770. The molecule has 1 aromatic rings. The fourth-order valence-electron chi connectivity index (χ4n) is 1.27. The first-order valence-corrected chi connectivity index (χ1v) is 4.82. The normalized spacial score (nSPS) is 10.8. The molecule has 0 unspecified atom stereocenters. The van der Waals surface area contributed by atoms with Crippen LogP contribution in [0.1, 0.15) is 31.0 Å². The molecule has 0 saturated carbocycles. The van der Waals surface area contributed by atoms with Crippen LogP contribution in [0, 0.1) is 5.82 Å². The molecule has 0 bridgehead atoms. The maximum absolute atomic E-state index is 13.6. The van der Waals surface area contributed by atoms with Gasteiger partial charge in [-0.15, -0.1) is 0 Å². The third-order valence-corrected chi connectivity index (χ3v) is 2.11. The third-order valence-electron chi connectivity index (χ3n) is 2.11. The average Bonchev–Trinajstić information content (AvgIpc) is 2.21. The number of halogens is 1. The number of rotatable bonds is 4. The van der Waals surface area contributed by atoms with Crippen LogP contribution in [-0.2, 0) is 11.3 Å². The van der Waals surface area contributed by atoms with Crippen molar-refractivity contribution in [3.05, 3.63) is 23.1 Å². The largest absolute Gasteiger partial charge is 0.479 e. The highest BCUT2D eigenvalue weighted by Gasteiger charge is 2.14. The number of hydrogen-bond acceptors (Lipinski definition) is 3. The van der Waals surface area contributed by atoms with Crippen molar-refractivity contribution in [1.82, 2.24) is 4.98 Å². The summed E-state index contributed by atoms with van der Waals surface area (Å²) in [4.78, 5) is 4.08. The molecule has 0 fully saturated rings. The van der Waals surface area contributed by atoms with Crippen LogP contribution >= 0.6 is 0 Å². The van der Waals surface area contributed by atoms with E-state index in [-0.39, 0.29) is 18.4 Å². The van der Waals surface area contributed by atoms with E-state index in [0.29, 0.717) is 5.56 Å². The van der Waals surface area contributed by atoms with Gasteiger partial charge in [0, 0.05) is 18.4 Å². The summed E-state index contributed by atoms with van der Waals surface area (Å²) in [6.07, 6.45) is 0. The van der Waals surface area contributed by atoms with Crippen LogP contribution in [0.4, 0.5) is 4.39 Å². The summed E-state index contributed by atoms with van der Waals surface area (Å²) >= 11 is 0. The van der Waals surface area contributed by atoms with Crippen LogP contribution in [0.2, 0.25) is 0 Å². The number of ether oxygens (including phenoxy) is 2. The van der Waals surface area contributed by atoms with E-state index in [1.807, 2.05) is 13.8 Å². The zero-order chi connectivity index (χ0) is 11.4. The molecule has 4 heteroatoms. The van der Waals surface area contributed by atoms with Crippen molar-refractivity contribution >= 4 is 0 Å². The lowest BCUT2D eigenvalue weighted by molar-refractivity contribution is 0.180. The van der Waals surface area contributed by atoms with E-state index in [4.69, 9.17) is 9.47 Å². The van der Waals surface area contributed by atoms with Crippen LogP contribution in [0.3, 0.4) is 0 Å². The Balaban J connectivity index is 3.19. The van der Waals surface area contributed by atoms with Crippen LogP contribution in [0.5, 0.6) is 5.88 Å². The van der Waals surface area contributed by atoms with E-state index >= 15 is 0 Å². The highest BCUT2D eigenvalue weighted by molar-refractivity contribution is 5.28. The van der Waals surface area contributed by atoms with Gasteiger partial charge in [-0.3, -0.25) is 0 Å². The lowest BCUT2D eigenvalue weighted by Crippen LogP contribution is -2.04. The van der Waals surface area contributed by atoms with E-state index in [1.54, 1.807) is 6.07 Å². The molecule has 0 aliphatic heterocycles. The standard InChI is InChI=1S/C11H16FNO2/c1-7(2)9-5-8(6-14-3)10(12)11(13-9)15-4/h5,7H,6H2,1-4H3. The van der Waals surface area contributed by atoms with Gasteiger partial charge in [0.1, 0.15) is 0 Å². The number of methoxy groups -OCH3 is 2. The third kappa shape index (κ3) is 2.65. The Labute approximate surface area is 89.2 Å². The molecule has 0 N–H and O–H groups in total. The Morgan fingerprint density at radius 1 is 1.40 bits per heavy atom. The Kier molecular flexibility index (Phi) is 4.03. The van der Waals surface area contributed by atoms with E-state index in [9.17, 15) is 4.39 Å². The van der Waals surface area contributed by atoms with Gasteiger partial charge in [0.15, 0.2) is 5.82 Å². The molecule has 84 valence electrons. The second kappa shape index (κ2) is 5.07. The first-order valence-electron chi connectivity index (χ1n) is 4.82. The van der Waals surface area contributed by atoms with Gasteiger partial charge >= 0.3 is 0 Å². The molecular formula is C11H16FNO2. The molecule has 1 rings (SSSR count). The number of aromatic nitrogens is 1. The van der Waals surface area contributed by atoms with Crippen molar-refractivity contribution < 1.29 is 13.9 Å². The van der Waals surface area contributed by atoms with Crippen molar-refractivity contribution in [1.29, 1.82) is 0 Å². The predicted molar refractivity (Wildman–Crippen MR) is 55.5 cm³/mol. The number of nitrogens with zero attached hydrogens (tertiary/aromatic N) is 1. The molecule has 0 aliphatic rings. The van der Waals surface area contributed by atoms with Gasteiger partial charge in [0.05, 0.1) is 13.7 Å². The van der Waals surface area contributed by atoms with E-state index in [2.05, 4.69) is 4.98 Å². The summed E-state index contributed by atoms with van der Waals surface area (Å²) < 4.78 is 23.4. The monoisotopic (exact) mass is 213 g/mol. The fourth-order valence-corrected chi connectivity index (χ4v) is 1.27. The fraction of sp³-hybridized carbons (Fsp3) is 0.545. The van der Waals surface area contributed by atoms with Crippen molar-refractivity contribution in [2.24, 2.45) is 0 Å². The topological polar surface area (TPSA) is 31.4 Å². The molecular weight excluding hydrogens is 197 g/mol. The Morgan fingerprint density at radius 3 is 2.53 bits per heavy atom. The summed E-state index contributed by atoms with van der Waals surface area (Å²) in [5, 5.41) is 0. The summed E-state index contributed by atoms with van der Waals surface area (Å²) in [6, 6.07) is 1.71. The molecule has 1 heterocycles. The van der Waals surface area contributed by atoms with Crippen molar-refractivity contribution in [3.8, 4) is 5.88 Å². The second-order valence-corrected chi connectivity index (χ2v) is 3.62. The molecule has 15 heavy (non-hydrogen) atoms. The van der Waals surface area contributed by atoms with Gasteiger partial charge in [-0.25, -0.2) is 9.37 Å².